The molecule has 0 fully saturated rings. The summed E-state index contributed by atoms with van der Waals surface area (Å²) in [5.74, 6) is -0.429. The molecule has 0 saturated carbocycles. The number of hydrogen-bond acceptors (Lipinski definition) is 2. The van der Waals surface area contributed by atoms with Crippen LogP contribution in [0, 0.1) is 0 Å². The van der Waals surface area contributed by atoms with E-state index in [2.05, 4.69) is 18.5 Å². The number of nitrogens with two attached hydrogens (primary N) is 1. The van der Waals surface area contributed by atoms with Crippen LogP contribution in [0.5, 0.6) is 0 Å². The van der Waals surface area contributed by atoms with E-state index >= 15 is 0 Å². The average Bonchev–Trinajstić information content (AvgIpc) is 2.49. The minimum absolute atomic E-state index is 0.227. The molecule has 0 aliphatic rings. The molecular weight excluding hydrogens is 293 g/mol. The maximum atomic E-state index is 12.6. The van der Waals surface area contributed by atoms with Crippen molar-refractivity contribution >= 4 is 5.91 Å². The fourth-order valence-corrected chi connectivity index (χ4v) is 1.86. The summed E-state index contributed by atoms with van der Waals surface area (Å²) in [5.41, 5.74) is 5.60. The number of allylic oxidation sites excluding steroid dienone is 2. The third kappa shape index (κ3) is 4.60. The number of rotatable bonds is 6. The first-order chi connectivity index (χ1) is 10.3. The minimum Gasteiger partial charge on any atom is -0.344 e. The summed E-state index contributed by atoms with van der Waals surface area (Å²) in [6.45, 7) is 6.97. The van der Waals surface area contributed by atoms with E-state index in [4.69, 9.17) is 5.73 Å². The van der Waals surface area contributed by atoms with Crippen molar-refractivity contribution in [2.75, 3.05) is 6.54 Å². The van der Waals surface area contributed by atoms with Gasteiger partial charge in [-0.3, -0.25) is 4.79 Å². The zero-order chi connectivity index (χ0) is 16.8. The van der Waals surface area contributed by atoms with E-state index in [9.17, 15) is 18.0 Å². The number of nitrogens with one attached hydrogen (secondary N) is 1. The molecule has 0 spiro atoms. The second-order valence-electron chi connectivity index (χ2n) is 4.43. The van der Waals surface area contributed by atoms with Crippen molar-refractivity contribution in [1.82, 2.24) is 5.32 Å². The number of benzene rings is 1. The number of alkyl halides is 3. The number of halogens is 3. The molecule has 1 atom stereocenters. The van der Waals surface area contributed by atoms with Crippen molar-refractivity contribution in [3.8, 4) is 0 Å². The van der Waals surface area contributed by atoms with Crippen molar-refractivity contribution in [2.45, 2.75) is 12.2 Å². The van der Waals surface area contributed by atoms with Gasteiger partial charge in [-0.1, -0.05) is 43.5 Å². The average molecular weight is 310 g/mol. The first-order valence-corrected chi connectivity index (χ1v) is 6.45. The van der Waals surface area contributed by atoms with Gasteiger partial charge in [-0.15, -0.1) is 0 Å². The Morgan fingerprint density at radius 2 is 1.86 bits per heavy atom. The number of hydrogen-bond donors (Lipinski definition) is 2. The molecule has 0 heterocycles. The molecule has 6 heteroatoms. The lowest BCUT2D eigenvalue weighted by Crippen LogP contribution is -2.34. The summed E-state index contributed by atoms with van der Waals surface area (Å²) < 4.78 is 37.8. The van der Waals surface area contributed by atoms with Crippen LogP contribution in [0.2, 0.25) is 0 Å². The maximum absolute atomic E-state index is 12.6. The van der Waals surface area contributed by atoms with Crippen molar-refractivity contribution in [2.24, 2.45) is 5.73 Å². The largest absolute Gasteiger partial charge is 0.416 e. The zero-order valence-corrected chi connectivity index (χ0v) is 11.9. The molecule has 0 bridgehead atoms. The molecule has 0 radical (unpaired) electrons. The molecule has 1 aromatic carbocycles. The summed E-state index contributed by atoms with van der Waals surface area (Å²) in [4.78, 5) is 11.5. The molecule has 1 amide bonds. The van der Waals surface area contributed by atoms with E-state index in [-0.39, 0.29) is 6.54 Å². The lowest BCUT2D eigenvalue weighted by Gasteiger charge is -2.21. The van der Waals surface area contributed by atoms with Crippen LogP contribution in [-0.2, 0) is 11.0 Å². The third-order valence-corrected chi connectivity index (χ3v) is 2.94. The highest BCUT2D eigenvalue weighted by Gasteiger charge is 2.30. The van der Waals surface area contributed by atoms with E-state index in [1.54, 1.807) is 6.08 Å². The van der Waals surface area contributed by atoms with Gasteiger partial charge in [0.15, 0.2) is 0 Å². The maximum Gasteiger partial charge on any atom is 0.416 e. The SMILES string of the molecule is C=C/C=C(\C=C)C(NC(=O)CN)c1ccc(C(F)(F)F)cc1. The van der Waals surface area contributed by atoms with Gasteiger partial charge in [0, 0.05) is 0 Å². The lowest BCUT2D eigenvalue weighted by atomic mass is 9.97. The van der Waals surface area contributed by atoms with E-state index in [1.165, 1.54) is 24.3 Å². The fraction of sp³-hybridized carbons (Fsp3) is 0.188. The van der Waals surface area contributed by atoms with Gasteiger partial charge in [-0.25, -0.2) is 0 Å². The molecule has 3 nitrogen and oxygen atoms in total. The van der Waals surface area contributed by atoms with E-state index < -0.39 is 23.7 Å². The molecule has 0 aromatic heterocycles. The summed E-state index contributed by atoms with van der Waals surface area (Å²) in [5, 5.41) is 2.64. The first-order valence-electron chi connectivity index (χ1n) is 6.45. The van der Waals surface area contributed by atoms with Gasteiger partial charge in [-0.05, 0) is 23.3 Å². The summed E-state index contributed by atoms with van der Waals surface area (Å²) in [6, 6.07) is 3.90. The van der Waals surface area contributed by atoms with Crippen molar-refractivity contribution in [3.05, 3.63) is 72.4 Å². The number of carbonyl (C=O) groups is 1. The predicted octanol–water partition coefficient (Wildman–Crippen LogP) is 3.12. The van der Waals surface area contributed by atoms with Gasteiger partial charge >= 0.3 is 6.18 Å². The summed E-state index contributed by atoms with van der Waals surface area (Å²) in [7, 11) is 0. The highest BCUT2D eigenvalue weighted by molar-refractivity contribution is 5.78. The van der Waals surface area contributed by atoms with Gasteiger partial charge in [0.2, 0.25) is 5.91 Å². The Morgan fingerprint density at radius 3 is 2.27 bits per heavy atom. The van der Waals surface area contributed by atoms with Gasteiger partial charge in [0.1, 0.15) is 0 Å². The number of amides is 1. The van der Waals surface area contributed by atoms with Gasteiger partial charge in [0.25, 0.3) is 0 Å². The minimum atomic E-state index is -4.41. The Morgan fingerprint density at radius 1 is 1.27 bits per heavy atom. The molecule has 0 saturated heterocycles. The second-order valence-corrected chi connectivity index (χ2v) is 4.43. The van der Waals surface area contributed by atoms with Crippen LogP contribution < -0.4 is 11.1 Å². The molecule has 22 heavy (non-hydrogen) atoms. The quantitative estimate of drug-likeness (QED) is 0.793. The first kappa shape index (κ1) is 17.7. The van der Waals surface area contributed by atoms with E-state index in [0.29, 0.717) is 11.1 Å². The molecule has 1 unspecified atom stereocenters. The summed E-state index contributed by atoms with van der Waals surface area (Å²) in [6.07, 6.45) is 0.211. The predicted molar refractivity (Wildman–Crippen MR) is 79.9 cm³/mol. The Hall–Kier alpha value is -2.34. The zero-order valence-electron chi connectivity index (χ0n) is 11.9. The molecule has 3 N–H and O–H groups in total. The summed E-state index contributed by atoms with van der Waals surface area (Å²) >= 11 is 0. The van der Waals surface area contributed by atoms with Gasteiger partial charge in [-0.2, -0.15) is 13.2 Å². The Bertz CT molecular complexity index is 574. The fourth-order valence-electron chi connectivity index (χ4n) is 1.86. The van der Waals surface area contributed by atoms with E-state index in [1.807, 2.05) is 0 Å². The normalized spacial score (nSPS) is 13.4. The molecule has 0 aliphatic heterocycles. The Labute approximate surface area is 127 Å². The monoisotopic (exact) mass is 310 g/mol. The topological polar surface area (TPSA) is 55.1 Å². The molecule has 118 valence electrons. The van der Waals surface area contributed by atoms with Crippen LogP contribution in [0.25, 0.3) is 0 Å². The smallest absolute Gasteiger partial charge is 0.344 e. The lowest BCUT2D eigenvalue weighted by molar-refractivity contribution is -0.137. The second kappa shape index (κ2) is 7.61. The standard InChI is InChI=1S/C16H17F3N2O/c1-3-5-11(4-2)15(21-14(22)10-20)12-6-8-13(9-7-12)16(17,18)19/h3-9,15H,1-2,10,20H2,(H,21,22)/b11-5+. The Balaban J connectivity index is 3.20. The molecule has 1 rings (SSSR count). The van der Waals surface area contributed by atoms with Gasteiger partial charge in [0.05, 0.1) is 18.2 Å². The van der Waals surface area contributed by atoms with Crippen LogP contribution in [-0.4, -0.2) is 12.5 Å². The third-order valence-electron chi connectivity index (χ3n) is 2.94. The van der Waals surface area contributed by atoms with Crippen LogP contribution in [0.15, 0.2) is 61.2 Å². The van der Waals surface area contributed by atoms with Crippen molar-refractivity contribution < 1.29 is 18.0 Å². The highest BCUT2D eigenvalue weighted by atomic mass is 19.4. The molecule has 0 aliphatic carbocycles. The number of carbonyl (C=O) groups excluding carboxylic acids is 1. The van der Waals surface area contributed by atoms with E-state index in [0.717, 1.165) is 12.1 Å². The van der Waals surface area contributed by atoms with Crippen molar-refractivity contribution in [1.29, 1.82) is 0 Å². The molecular formula is C16H17F3N2O. The molecule has 1 aromatic rings. The van der Waals surface area contributed by atoms with Crippen LogP contribution in [0.1, 0.15) is 17.2 Å². The van der Waals surface area contributed by atoms with Crippen LogP contribution in [0.3, 0.4) is 0 Å². The van der Waals surface area contributed by atoms with Crippen LogP contribution in [0.4, 0.5) is 13.2 Å². The highest BCUT2D eigenvalue weighted by Crippen LogP contribution is 2.31. The van der Waals surface area contributed by atoms with Gasteiger partial charge < -0.3 is 11.1 Å². The van der Waals surface area contributed by atoms with Crippen LogP contribution >= 0.6 is 0 Å². The Kier molecular flexibility index (Phi) is 6.12. The van der Waals surface area contributed by atoms with Crippen molar-refractivity contribution in [3.63, 3.8) is 0 Å².